The standard InChI is InChI=1S/C31H38N2O/c1-5-33(6-2)22(4)24-10-8-11-25(19-24)26-13-14-27-29(20-26)34-31-21(3)9-7-12-28(31)30(27)23-15-17-32-18-16-23/h8,10-14,19-20,23,30,32H,4-7,9,15-18H2,1-3H3. The summed E-state index contributed by atoms with van der Waals surface area (Å²) in [5.74, 6) is 3.30. The molecule has 1 atom stereocenters. The highest BCUT2D eigenvalue weighted by Gasteiger charge is 2.37. The molecule has 0 radical (unpaired) electrons. The van der Waals surface area contributed by atoms with Gasteiger partial charge >= 0.3 is 0 Å². The first kappa shape index (κ1) is 23.0. The highest BCUT2D eigenvalue weighted by atomic mass is 16.5. The van der Waals surface area contributed by atoms with Gasteiger partial charge in [0.1, 0.15) is 11.5 Å². The molecule has 1 N–H and O–H groups in total. The number of ether oxygens (including phenoxy) is 1. The molecule has 2 aliphatic heterocycles. The van der Waals surface area contributed by atoms with Crippen LogP contribution in [0.5, 0.6) is 5.75 Å². The first-order chi connectivity index (χ1) is 16.6. The molecule has 2 aromatic rings. The van der Waals surface area contributed by atoms with Gasteiger partial charge in [-0.2, -0.15) is 0 Å². The van der Waals surface area contributed by atoms with Crippen molar-refractivity contribution in [2.24, 2.45) is 5.92 Å². The molecule has 1 unspecified atom stereocenters. The van der Waals surface area contributed by atoms with Crippen molar-refractivity contribution < 1.29 is 4.74 Å². The monoisotopic (exact) mass is 454 g/mol. The van der Waals surface area contributed by atoms with Gasteiger partial charge in [0.2, 0.25) is 0 Å². The average molecular weight is 455 g/mol. The summed E-state index contributed by atoms with van der Waals surface area (Å²) in [4.78, 5) is 2.31. The summed E-state index contributed by atoms with van der Waals surface area (Å²) in [7, 11) is 0. The second kappa shape index (κ2) is 9.84. The first-order valence-electron chi connectivity index (χ1n) is 13.1. The Morgan fingerprint density at radius 3 is 2.59 bits per heavy atom. The molecule has 0 saturated carbocycles. The van der Waals surface area contributed by atoms with Crippen molar-refractivity contribution in [2.45, 2.75) is 52.4 Å². The highest BCUT2D eigenvalue weighted by Crippen LogP contribution is 2.51. The number of hydrogen-bond acceptors (Lipinski definition) is 3. The summed E-state index contributed by atoms with van der Waals surface area (Å²) in [5, 5.41) is 3.55. The summed E-state index contributed by atoms with van der Waals surface area (Å²) in [5.41, 5.74) is 8.89. The van der Waals surface area contributed by atoms with Crippen LogP contribution in [0.15, 0.2) is 72.0 Å². The molecular formula is C31H38N2O. The number of benzene rings is 2. The zero-order valence-corrected chi connectivity index (χ0v) is 21.0. The summed E-state index contributed by atoms with van der Waals surface area (Å²) in [6, 6.07) is 15.7. The van der Waals surface area contributed by atoms with Gasteiger partial charge in [0.05, 0.1) is 0 Å². The summed E-state index contributed by atoms with van der Waals surface area (Å²) >= 11 is 0. The molecule has 0 bridgehead atoms. The minimum Gasteiger partial charge on any atom is -0.457 e. The fourth-order valence-electron chi connectivity index (χ4n) is 6.00. The molecule has 0 spiro atoms. The smallest absolute Gasteiger partial charge is 0.131 e. The third-order valence-electron chi connectivity index (χ3n) is 7.96. The van der Waals surface area contributed by atoms with E-state index in [-0.39, 0.29) is 0 Å². The Bertz CT molecular complexity index is 1130. The molecule has 0 aromatic heterocycles. The van der Waals surface area contributed by atoms with Crippen molar-refractivity contribution in [3.63, 3.8) is 0 Å². The zero-order valence-electron chi connectivity index (χ0n) is 21.0. The molecule has 1 fully saturated rings. The Kier molecular flexibility index (Phi) is 6.65. The SMILES string of the molecule is C=C(c1cccc(-c2ccc3c(c2)OC2=C(C)CCC=C2C3C2CCNCC2)c1)N(CC)CC. The van der Waals surface area contributed by atoms with Crippen LogP contribution >= 0.6 is 0 Å². The maximum atomic E-state index is 6.65. The lowest BCUT2D eigenvalue weighted by molar-refractivity contribution is 0.302. The lowest BCUT2D eigenvalue weighted by Crippen LogP contribution is -2.33. The van der Waals surface area contributed by atoms with Gasteiger partial charge in [-0.1, -0.05) is 43.0 Å². The number of fused-ring (bicyclic) bond motifs is 2. The lowest BCUT2D eigenvalue weighted by Gasteiger charge is -2.39. The molecule has 3 nitrogen and oxygen atoms in total. The van der Waals surface area contributed by atoms with Crippen molar-refractivity contribution in [2.75, 3.05) is 26.2 Å². The second-order valence-electron chi connectivity index (χ2n) is 9.93. The number of nitrogens with one attached hydrogen (secondary N) is 1. The van der Waals surface area contributed by atoms with Crippen LogP contribution in [0.4, 0.5) is 0 Å². The van der Waals surface area contributed by atoms with Crippen molar-refractivity contribution in [1.29, 1.82) is 0 Å². The van der Waals surface area contributed by atoms with Crippen LogP contribution in [0.3, 0.4) is 0 Å². The van der Waals surface area contributed by atoms with E-state index in [0.29, 0.717) is 11.8 Å². The number of piperidine rings is 1. The van der Waals surface area contributed by atoms with Crippen LogP contribution < -0.4 is 10.1 Å². The molecule has 3 heteroatoms. The molecule has 2 aromatic carbocycles. The third-order valence-corrected chi connectivity index (χ3v) is 7.96. The quantitative estimate of drug-likeness (QED) is 0.502. The molecular weight excluding hydrogens is 416 g/mol. The van der Waals surface area contributed by atoms with E-state index in [1.54, 1.807) is 0 Å². The van der Waals surface area contributed by atoms with E-state index in [1.165, 1.54) is 46.2 Å². The fraction of sp³-hybridized carbons (Fsp3) is 0.419. The normalized spacial score (nSPS) is 20.2. The maximum absolute atomic E-state index is 6.65. The minimum absolute atomic E-state index is 0.443. The largest absolute Gasteiger partial charge is 0.457 e. The van der Waals surface area contributed by atoms with Gasteiger partial charge in [0.25, 0.3) is 0 Å². The van der Waals surface area contributed by atoms with Gasteiger partial charge in [0.15, 0.2) is 0 Å². The number of hydrogen-bond donors (Lipinski definition) is 1. The second-order valence-corrected chi connectivity index (χ2v) is 9.93. The Morgan fingerprint density at radius 2 is 1.82 bits per heavy atom. The van der Waals surface area contributed by atoms with Crippen LogP contribution in [-0.2, 0) is 0 Å². The van der Waals surface area contributed by atoms with Crippen LogP contribution in [-0.4, -0.2) is 31.1 Å². The van der Waals surface area contributed by atoms with E-state index in [0.717, 1.165) is 56.2 Å². The van der Waals surface area contributed by atoms with Crippen LogP contribution in [0.1, 0.15) is 63.5 Å². The predicted molar refractivity (Wildman–Crippen MR) is 143 cm³/mol. The Balaban J connectivity index is 1.54. The number of allylic oxidation sites excluding steroid dienone is 3. The van der Waals surface area contributed by atoms with E-state index in [4.69, 9.17) is 4.74 Å². The molecule has 2 heterocycles. The Labute approximate surface area is 205 Å². The average Bonchev–Trinajstić information content (AvgIpc) is 2.88. The van der Waals surface area contributed by atoms with Crippen molar-refractivity contribution in [3.8, 4) is 16.9 Å². The van der Waals surface area contributed by atoms with Crippen molar-refractivity contribution in [3.05, 3.63) is 83.2 Å². The molecule has 1 aliphatic carbocycles. The van der Waals surface area contributed by atoms with Gasteiger partial charge in [-0.15, -0.1) is 0 Å². The molecule has 1 saturated heterocycles. The highest BCUT2D eigenvalue weighted by molar-refractivity contribution is 5.73. The van der Waals surface area contributed by atoms with Gasteiger partial charge in [-0.25, -0.2) is 0 Å². The topological polar surface area (TPSA) is 24.5 Å². The van der Waals surface area contributed by atoms with Crippen molar-refractivity contribution >= 4 is 5.70 Å². The molecule has 178 valence electrons. The van der Waals surface area contributed by atoms with Gasteiger partial charge in [0, 0.05) is 30.3 Å². The summed E-state index contributed by atoms with van der Waals surface area (Å²) in [6.07, 6.45) is 7.14. The van der Waals surface area contributed by atoms with Crippen LogP contribution in [0.2, 0.25) is 0 Å². The van der Waals surface area contributed by atoms with E-state index in [2.05, 4.69) is 86.1 Å². The maximum Gasteiger partial charge on any atom is 0.131 e. The fourth-order valence-corrected chi connectivity index (χ4v) is 6.00. The molecule has 3 aliphatic rings. The van der Waals surface area contributed by atoms with Gasteiger partial charge < -0.3 is 15.0 Å². The van der Waals surface area contributed by atoms with E-state index >= 15 is 0 Å². The Morgan fingerprint density at radius 1 is 1.06 bits per heavy atom. The van der Waals surface area contributed by atoms with E-state index in [1.807, 2.05) is 0 Å². The summed E-state index contributed by atoms with van der Waals surface area (Å²) < 4.78 is 6.65. The molecule has 0 amide bonds. The van der Waals surface area contributed by atoms with Crippen LogP contribution in [0.25, 0.3) is 16.8 Å². The third kappa shape index (κ3) is 4.22. The zero-order chi connectivity index (χ0) is 23.7. The number of nitrogens with zero attached hydrogens (tertiary/aromatic N) is 1. The molecule has 34 heavy (non-hydrogen) atoms. The van der Waals surface area contributed by atoms with Gasteiger partial charge in [-0.3, -0.25) is 0 Å². The molecule has 5 rings (SSSR count). The Hall–Kier alpha value is -2.78. The first-order valence-corrected chi connectivity index (χ1v) is 13.1. The van der Waals surface area contributed by atoms with Crippen molar-refractivity contribution in [1.82, 2.24) is 10.2 Å². The van der Waals surface area contributed by atoms with Gasteiger partial charge in [-0.05, 0) is 105 Å². The van der Waals surface area contributed by atoms with E-state index < -0.39 is 0 Å². The summed E-state index contributed by atoms with van der Waals surface area (Å²) in [6.45, 7) is 15.2. The van der Waals surface area contributed by atoms with Crippen LogP contribution in [0, 0.1) is 5.92 Å². The predicted octanol–water partition coefficient (Wildman–Crippen LogP) is 7.14. The minimum atomic E-state index is 0.443. The lowest BCUT2D eigenvalue weighted by atomic mass is 9.72. The number of rotatable bonds is 6. The van der Waals surface area contributed by atoms with E-state index in [9.17, 15) is 0 Å².